The SMILES string of the molecule is CN(C)C1=NC(N(C)N(C)C)SS1.N#CS. The van der Waals surface area contributed by atoms with Crippen LogP contribution in [-0.2, 0) is 0 Å². The molecule has 0 aromatic rings. The van der Waals surface area contributed by atoms with Crippen LogP contribution in [-0.4, -0.2) is 60.8 Å². The second-order valence-corrected chi connectivity index (χ2v) is 5.76. The Bertz CT molecular complexity index is 273. The third-order valence-corrected chi connectivity index (χ3v) is 4.31. The van der Waals surface area contributed by atoms with E-state index >= 15 is 0 Å². The molecular formula is C8H17N5S3. The number of nitriles is 1. The zero-order valence-corrected chi connectivity index (χ0v) is 12.6. The van der Waals surface area contributed by atoms with Gasteiger partial charge in [0.05, 0.1) is 0 Å². The van der Waals surface area contributed by atoms with Crippen LogP contribution in [0.25, 0.3) is 0 Å². The molecule has 1 atom stereocenters. The van der Waals surface area contributed by atoms with Gasteiger partial charge in [-0.15, -0.1) is 0 Å². The average Bonchev–Trinajstić information content (AvgIpc) is 2.66. The van der Waals surface area contributed by atoms with Gasteiger partial charge in [0, 0.05) is 35.2 Å². The van der Waals surface area contributed by atoms with Crippen LogP contribution >= 0.6 is 34.2 Å². The topological polar surface area (TPSA) is 45.9 Å². The second kappa shape index (κ2) is 8.08. The molecule has 0 bridgehead atoms. The van der Waals surface area contributed by atoms with Crippen LogP contribution < -0.4 is 0 Å². The summed E-state index contributed by atoms with van der Waals surface area (Å²) in [6.07, 6.45) is 0. The molecule has 0 N–H and O–H groups in total. The maximum absolute atomic E-state index is 7.18. The molecule has 0 amide bonds. The molecule has 1 aliphatic heterocycles. The van der Waals surface area contributed by atoms with Crippen LogP contribution in [0.4, 0.5) is 0 Å². The summed E-state index contributed by atoms with van der Waals surface area (Å²) in [5.74, 6) is 0. The van der Waals surface area contributed by atoms with Crippen molar-refractivity contribution >= 4 is 39.4 Å². The normalized spacial score (nSPS) is 18.9. The zero-order chi connectivity index (χ0) is 12.7. The van der Waals surface area contributed by atoms with Crippen LogP contribution in [0.5, 0.6) is 0 Å². The standard InChI is InChI=1S/C7H16N4S2.CHNS/c1-9(2)6-8-7(13-12-6)11(5)10(3)4;2-1-3/h7H,1-5H3;3H. The smallest absolute Gasteiger partial charge is 0.174 e. The van der Waals surface area contributed by atoms with Gasteiger partial charge in [0.1, 0.15) is 5.40 Å². The molecule has 16 heavy (non-hydrogen) atoms. The van der Waals surface area contributed by atoms with Crippen molar-refractivity contribution < 1.29 is 0 Å². The minimum atomic E-state index is 0.206. The minimum absolute atomic E-state index is 0.206. The molecule has 0 radical (unpaired) electrons. The van der Waals surface area contributed by atoms with Crippen molar-refractivity contribution in [3.63, 3.8) is 0 Å². The van der Waals surface area contributed by atoms with E-state index in [0.29, 0.717) is 0 Å². The first-order valence-electron chi connectivity index (χ1n) is 4.45. The van der Waals surface area contributed by atoms with Crippen molar-refractivity contribution in [1.82, 2.24) is 14.9 Å². The molecule has 0 aliphatic carbocycles. The van der Waals surface area contributed by atoms with Gasteiger partial charge in [-0.25, -0.2) is 15.0 Å². The number of thiocyanates is 1. The summed E-state index contributed by atoms with van der Waals surface area (Å²) in [4.78, 5) is 6.60. The third-order valence-electron chi connectivity index (χ3n) is 1.76. The summed E-state index contributed by atoms with van der Waals surface area (Å²) in [7, 11) is 13.6. The van der Waals surface area contributed by atoms with Crippen LogP contribution in [0.3, 0.4) is 0 Å². The molecular weight excluding hydrogens is 262 g/mol. The quantitative estimate of drug-likeness (QED) is 0.357. The number of aliphatic imine (C=N–C) groups is 1. The Labute approximate surface area is 111 Å². The molecule has 8 heteroatoms. The van der Waals surface area contributed by atoms with Gasteiger partial charge < -0.3 is 4.90 Å². The first-order valence-corrected chi connectivity index (χ1v) is 7.11. The molecule has 92 valence electrons. The molecule has 0 saturated carbocycles. The number of hydrazine groups is 1. The summed E-state index contributed by atoms with van der Waals surface area (Å²) < 4.78 is 0. The van der Waals surface area contributed by atoms with Gasteiger partial charge in [0.15, 0.2) is 10.7 Å². The van der Waals surface area contributed by atoms with Crippen LogP contribution in [0.15, 0.2) is 4.99 Å². The fourth-order valence-corrected chi connectivity index (χ4v) is 3.34. The Balaban J connectivity index is 0.000000673. The first kappa shape index (κ1) is 15.9. The fraction of sp³-hybridized carbons (Fsp3) is 0.750. The molecule has 1 aliphatic rings. The number of rotatable bonds is 2. The summed E-state index contributed by atoms with van der Waals surface area (Å²) in [6.45, 7) is 0. The van der Waals surface area contributed by atoms with Gasteiger partial charge in [-0.3, -0.25) is 0 Å². The lowest BCUT2D eigenvalue weighted by Crippen LogP contribution is -2.38. The highest BCUT2D eigenvalue weighted by atomic mass is 33.1. The highest BCUT2D eigenvalue weighted by Gasteiger charge is 2.25. The summed E-state index contributed by atoms with van der Waals surface area (Å²) >= 11 is 3.09. The average molecular weight is 279 g/mol. The highest BCUT2D eigenvalue weighted by molar-refractivity contribution is 8.82. The van der Waals surface area contributed by atoms with Crippen molar-refractivity contribution in [2.45, 2.75) is 5.50 Å². The Morgan fingerprint density at radius 3 is 2.12 bits per heavy atom. The van der Waals surface area contributed by atoms with Crippen LogP contribution in [0.2, 0.25) is 0 Å². The predicted molar refractivity (Wildman–Crippen MR) is 76.1 cm³/mol. The number of hydrogen-bond donors (Lipinski definition) is 1. The molecule has 1 unspecified atom stereocenters. The molecule has 0 spiro atoms. The van der Waals surface area contributed by atoms with Crippen molar-refractivity contribution in [3.8, 4) is 5.40 Å². The third kappa shape index (κ3) is 5.32. The van der Waals surface area contributed by atoms with E-state index in [1.165, 1.54) is 5.40 Å². The Morgan fingerprint density at radius 2 is 1.81 bits per heavy atom. The predicted octanol–water partition coefficient (Wildman–Crippen LogP) is 1.39. The number of thiol groups is 1. The first-order chi connectivity index (χ1) is 7.43. The van der Waals surface area contributed by atoms with Gasteiger partial charge in [0.25, 0.3) is 0 Å². The summed E-state index contributed by atoms with van der Waals surface area (Å²) in [6, 6.07) is 0. The van der Waals surface area contributed by atoms with E-state index in [1.807, 2.05) is 45.1 Å². The van der Waals surface area contributed by atoms with Crippen molar-refractivity contribution in [1.29, 1.82) is 5.26 Å². The minimum Gasteiger partial charge on any atom is -0.357 e. The van der Waals surface area contributed by atoms with Gasteiger partial charge in [0.2, 0.25) is 0 Å². The van der Waals surface area contributed by atoms with Gasteiger partial charge in [-0.05, 0) is 21.6 Å². The Kier molecular flexibility index (Phi) is 8.05. The lowest BCUT2D eigenvalue weighted by molar-refractivity contribution is 0.0474. The maximum Gasteiger partial charge on any atom is 0.174 e. The fourth-order valence-electron chi connectivity index (χ4n) is 0.757. The molecule has 1 rings (SSSR count). The lowest BCUT2D eigenvalue weighted by atomic mass is 10.8. The number of amidine groups is 1. The van der Waals surface area contributed by atoms with E-state index in [9.17, 15) is 0 Å². The van der Waals surface area contributed by atoms with Gasteiger partial charge >= 0.3 is 0 Å². The zero-order valence-electron chi connectivity index (χ0n) is 10.1. The largest absolute Gasteiger partial charge is 0.357 e. The van der Waals surface area contributed by atoms with Crippen LogP contribution in [0, 0.1) is 10.7 Å². The van der Waals surface area contributed by atoms with Crippen molar-refractivity contribution in [3.05, 3.63) is 0 Å². The van der Waals surface area contributed by atoms with Gasteiger partial charge in [-0.2, -0.15) is 5.26 Å². The van der Waals surface area contributed by atoms with E-state index in [4.69, 9.17) is 5.26 Å². The highest BCUT2D eigenvalue weighted by Crippen LogP contribution is 2.38. The summed E-state index contributed by atoms with van der Waals surface area (Å²) in [5.41, 5.74) is 0.206. The number of hydrogen-bond acceptors (Lipinski definition) is 8. The molecule has 0 aromatic carbocycles. The molecule has 0 fully saturated rings. The molecule has 1 heterocycles. The second-order valence-electron chi connectivity index (χ2n) is 3.33. The van der Waals surface area contributed by atoms with E-state index in [2.05, 4.69) is 22.6 Å². The van der Waals surface area contributed by atoms with E-state index in [0.717, 1.165) is 5.17 Å². The van der Waals surface area contributed by atoms with E-state index in [-0.39, 0.29) is 5.50 Å². The monoisotopic (exact) mass is 279 g/mol. The number of nitrogens with zero attached hydrogens (tertiary/aromatic N) is 5. The van der Waals surface area contributed by atoms with E-state index < -0.39 is 0 Å². The van der Waals surface area contributed by atoms with Crippen molar-refractivity contribution in [2.24, 2.45) is 4.99 Å². The Hall–Kier alpha value is -0.0700. The van der Waals surface area contributed by atoms with Crippen LogP contribution in [0.1, 0.15) is 0 Å². The van der Waals surface area contributed by atoms with E-state index in [1.54, 1.807) is 21.6 Å². The molecule has 5 nitrogen and oxygen atoms in total. The lowest BCUT2D eigenvalue weighted by Gasteiger charge is -2.26. The summed E-state index contributed by atoms with van der Waals surface area (Å²) in [5, 5.41) is 13.9. The molecule has 0 saturated heterocycles. The Morgan fingerprint density at radius 1 is 1.31 bits per heavy atom. The maximum atomic E-state index is 7.18. The van der Waals surface area contributed by atoms with Gasteiger partial charge in [-0.1, -0.05) is 12.6 Å². The van der Waals surface area contributed by atoms with Crippen molar-refractivity contribution in [2.75, 3.05) is 35.2 Å². The molecule has 0 aromatic heterocycles.